The van der Waals surface area contributed by atoms with Crippen molar-refractivity contribution >= 4 is 34.2 Å². The Morgan fingerprint density at radius 1 is 0.758 bits per heavy atom. The maximum absolute atomic E-state index is 10.9. The Morgan fingerprint density at radius 2 is 1.15 bits per heavy atom. The minimum Gasteiger partial charge on any atom is -0.258 e. The Morgan fingerprint density at radius 3 is 1.48 bits per heavy atom. The van der Waals surface area contributed by atoms with Crippen LogP contribution in [0, 0.1) is 34.1 Å². The second kappa shape index (κ2) is 10.7. The number of aryl methyl sites for hydroxylation is 2. The number of rotatable bonds is 6. The van der Waals surface area contributed by atoms with E-state index in [9.17, 15) is 20.2 Å². The predicted octanol–water partition coefficient (Wildman–Crippen LogP) is 5.79. The second-order valence-electron chi connectivity index (χ2n) is 7.26. The van der Waals surface area contributed by atoms with E-state index in [0.717, 1.165) is 0 Å². The molecule has 0 saturated heterocycles. The Hall–Kier alpha value is -3.75. The maximum Gasteiger partial charge on any atom is 0.269 e. The van der Waals surface area contributed by atoms with Crippen molar-refractivity contribution in [3.8, 4) is 0 Å². The van der Waals surface area contributed by atoms with Gasteiger partial charge in [-0.15, -0.1) is 0 Å². The van der Waals surface area contributed by atoms with E-state index in [0.29, 0.717) is 45.3 Å². The molecule has 10 heteroatoms. The van der Waals surface area contributed by atoms with Crippen LogP contribution in [0.5, 0.6) is 0 Å². The van der Waals surface area contributed by atoms with Crippen molar-refractivity contribution < 1.29 is 26.9 Å². The molecular weight excluding hydrogens is 466 g/mol. The summed E-state index contributed by atoms with van der Waals surface area (Å²) in [6, 6.07) is 14.6. The smallest absolute Gasteiger partial charge is 0.258 e. The topological polar surface area (TPSA) is 124 Å². The first-order valence-corrected chi connectivity index (χ1v) is 9.74. The van der Waals surface area contributed by atoms with Crippen LogP contribution >= 0.6 is 0 Å². The van der Waals surface area contributed by atoms with Crippen molar-refractivity contribution in [1.82, 2.24) is 4.98 Å². The molecule has 2 aromatic carbocycles. The van der Waals surface area contributed by atoms with Gasteiger partial charge in [-0.2, -0.15) is 0 Å². The number of aliphatic imine (C=N–C) groups is 2. The fourth-order valence-corrected chi connectivity index (χ4v) is 3.07. The van der Waals surface area contributed by atoms with E-state index in [4.69, 9.17) is 0 Å². The molecule has 9 nitrogen and oxygen atoms in total. The molecule has 0 aliphatic rings. The van der Waals surface area contributed by atoms with Crippen LogP contribution in [0.1, 0.15) is 36.4 Å². The summed E-state index contributed by atoms with van der Waals surface area (Å²) in [5.41, 5.74) is 5.30. The summed E-state index contributed by atoms with van der Waals surface area (Å²) in [7, 11) is 0. The molecule has 1 heterocycles. The summed E-state index contributed by atoms with van der Waals surface area (Å²) in [5, 5.41) is 21.9. The second-order valence-corrected chi connectivity index (χ2v) is 7.26. The van der Waals surface area contributed by atoms with Gasteiger partial charge in [0.1, 0.15) is 0 Å². The van der Waals surface area contributed by atoms with E-state index in [-0.39, 0.29) is 28.4 Å². The molecule has 0 atom stereocenters. The maximum atomic E-state index is 10.9. The summed E-state index contributed by atoms with van der Waals surface area (Å²) < 4.78 is 0. The molecule has 0 unspecified atom stereocenters. The molecule has 1 aromatic heterocycles. The van der Waals surface area contributed by atoms with Crippen LogP contribution in [0.2, 0.25) is 0 Å². The third-order valence-electron chi connectivity index (χ3n) is 4.85. The number of nitrogens with zero attached hydrogens (tertiary/aromatic N) is 5. The fraction of sp³-hybridized carbons (Fsp3) is 0.174. The first-order valence-electron chi connectivity index (χ1n) is 9.74. The van der Waals surface area contributed by atoms with Crippen molar-refractivity contribution in [1.29, 1.82) is 0 Å². The van der Waals surface area contributed by atoms with Gasteiger partial charge in [-0.1, -0.05) is 6.07 Å². The van der Waals surface area contributed by atoms with E-state index in [1.54, 1.807) is 26.0 Å². The molecule has 3 aromatic rings. The molecule has 0 spiro atoms. The van der Waals surface area contributed by atoms with Gasteiger partial charge in [0.2, 0.25) is 0 Å². The SMILES string of the molecule is CC(=Nc1ccc([N+](=O)[O-])cc1C)c1cccc(C(C)=Nc2ccc([N+](=O)[O-])cc2C)n1.[Fe]. The van der Waals surface area contributed by atoms with Crippen LogP contribution in [-0.4, -0.2) is 26.3 Å². The van der Waals surface area contributed by atoms with Gasteiger partial charge < -0.3 is 0 Å². The molecule has 0 radical (unpaired) electrons. The number of nitro benzene ring substituents is 2. The molecule has 0 N–H and O–H groups in total. The van der Waals surface area contributed by atoms with Crippen LogP contribution in [0.25, 0.3) is 0 Å². The van der Waals surface area contributed by atoms with Crippen molar-refractivity contribution in [2.75, 3.05) is 0 Å². The van der Waals surface area contributed by atoms with E-state index in [1.807, 2.05) is 32.0 Å². The van der Waals surface area contributed by atoms with Crippen LogP contribution in [-0.2, 0) is 17.1 Å². The fourth-order valence-electron chi connectivity index (χ4n) is 3.07. The number of pyridine rings is 1. The molecule has 170 valence electrons. The number of nitro groups is 2. The average Bonchev–Trinajstić information content (AvgIpc) is 2.76. The minimum absolute atomic E-state index is 0. The van der Waals surface area contributed by atoms with Crippen molar-refractivity contribution in [3.63, 3.8) is 0 Å². The molecule has 0 aliphatic heterocycles. The largest absolute Gasteiger partial charge is 0.269 e. The van der Waals surface area contributed by atoms with Gasteiger partial charge in [0, 0.05) is 41.3 Å². The molecule has 0 aliphatic carbocycles. The molecule has 3 rings (SSSR count). The Bertz CT molecular complexity index is 1190. The van der Waals surface area contributed by atoms with E-state index >= 15 is 0 Å². The van der Waals surface area contributed by atoms with Gasteiger partial charge in [-0.05, 0) is 63.1 Å². The first-order chi connectivity index (χ1) is 15.2. The zero-order valence-corrected chi connectivity index (χ0v) is 19.5. The van der Waals surface area contributed by atoms with E-state index in [1.165, 1.54) is 24.3 Å². The summed E-state index contributed by atoms with van der Waals surface area (Å²) >= 11 is 0. The average molecular weight is 487 g/mol. The molecule has 0 bridgehead atoms. The van der Waals surface area contributed by atoms with E-state index in [2.05, 4.69) is 15.0 Å². The summed E-state index contributed by atoms with van der Waals surface area (Å²) in [4.78, 5) is 34.8. The quantitative estimate of drug-likeness (QED) is 0.188. The zero-order chi connectivity index (χ0) is 23.4. The number of hydrogen-bond acceptors (Lipinski definition) is 7. The van der Waals surface area contributed by atoms with Crippen LogP contribution in [0.3, 0.4) is 0 Å². The van der Waals surface area contributed by atoms with Crippen LogP contribution in [0.4, 0.5) is 22.7 Å². The van der Waals surface area contributed by atoms with Crippen molar-refractivity contribution in [2.45, 2.75) is 27.7 Å². The van der Waals surface area contributed by atoms with Gasteiger partial charge in [0.25, 0.3) is 11.4 Å². The van der Waals surface area contributed by atoms with Gasteiger partial charge in [-0.25, -0.2) is 4.98 Å². The molecule has 0 fully saturated rings. The molecular formula is C23H21FeN5O4. The summed E-state index contributed by atoms with van der Waals surface area (Å²) in [6.45, 7) is 7.18. The van der Waals surface area contributed by atoms with E-state index < -0.39 is 9.85 Å². The zero-order valence-electron chi connectivity index (χ0n) is 18.4. The minimum atomic E-state index is -0.437. The Labute approximate surface area is 201 Å². The van der Waals surface area contributed by atoms with Crippen LogP contribution < -0.4 is 0 Å². The third-order valence-corrected chi connectivity index (χ3v) is 4.85. The number of hydrogen-bond donors (Lipinski definition) is 0. The molecule has 0 saturated carbocycles. The predicted molar refractivity (Wildman–Crippen MR) is 124 cm³/mol. The normalized spacial score (nSPS) is 11.6. The number of benzene rings is 2. The van der Waals surface area contributed by atoms with Gasteiger partial charge in [0.05, 0.1) is 44.0 Å². The molecule has 33 heavy (non-hydrogen) atoms. The summed E-state index contributed by atoms with van der Waals surface area (Å²) in [6.07, 6.45) is 0. The first kappa shape index (κ1) is 25.5. The number of aromatic nitrogens is 1. The number of non-ortho nitro benzene ring substituents is 2. The van der Waals surface area contributed by atoms with Gasteiger partial charge in [-0.3, -0.25) is 30.2 Å². The summed E-state index contributed by atoms with van der Waals surface area (Å²) in [5.74, 6) is 0. The van der Waals surface area contributed by atoms with Crippen molar-refractivity contribution in [2.24, 2.45) is 9.98 Å². The molecule has 0 amide bonds. The van der Waals surface area contributed by atoms with Gasteiger partial charge in [0.15, 0.2) is 0 Å². The Kier molecular flexibility index (Phi) is 8.28. The van der Waals surface area contributed by atoms with Crippen LogP contribution in [0.15, 0.2) is 64.6 Å². The Balaban J connectivity index is 0.00000385. The third kappa shape index (κ3) is 6.15. The van der Waals surface area contributed by atoms with Gasteiger partial charge >= 0.3 is 0 Å². The monoisotopic (exact) mass is 487 g/mol. The standard InChI is InChI=1S/C23H21N5O4.Fe/c1-14-12-18(27(29)30)8-10-20(14)24-16(3)22-6-5-7-23(26-22)17(4)25-21-11-9-19(28(31)32)13-15(21)2;/h5-13H,1-4H3;. The van der Waals surface area contributed by atoms with Crippen molar-refractivity contribution in [3.05, 3.63) is 97.3 Å².